The van der Waals surface area contributed by atoms with Gasteiger partial charge in [0.25, 0.3) is 0 Å². The maximum absolute atomic E-state index is 13.6. The van der Waals surface area contributed by atoms with Crippen molar-refractivity contribution in [2.45, 2.75) is 45.7 Å². The van der Waals surface area contributed by atoms with Crippen LogP contribution in [0.3, 0.4) is 0 Å². The van der Waals surface area contributed by atoms with Crippen molar-refractivity contribution >= 4 is 23.1 Å². The van der Waals surface area contributed by atoms with Gasteiger partial charge in [0.1, 0.15) is 17.1 Å². The molecule has 5 nitrogen and oxygen atoms in total. The summed E-state index contributed by atoms with van der Waals surface area (Å²) >= 11 is 0. The van der Waals surface area contributed by atoms with E-state index in [0.717, 1.165) is 43.2 Å². The summed E-state index contributed by atoms with van der Waals surface area (Å²) in [6.07, 6.45) is -0.159. The summed E-state index contributed by atoms with van der Waals surface area (Å²) in [7, 11) is 0. The molecule has 3 rings (SSSR count). The molecule has 0 aliphatic heterocycles. The van der Waals surface area contributed by atoms with Gasteiger partial charge in [-0.3, -0.25) is 0 Å². The summed E-state index contributed by atoms with van der Waals surface area (Å²) in [5, 5.41) is 5.82. The van der Waals surface area contributed by atoms with Gasteiger partial charge in [-0.25, -0.2) is 4.98 Å². The molecule has 1 heterocycles. The first kappa shape index (κ1) is 23.4. The van der Waals surface area contributed by atoms with Crippen molar-refractivity contribution in [1.82, 2.24) is 9.97 Å². The van der Waals surface area contributed by atoms with Crippen LogP contribution in [0.2, 0.25) is 0 Å². The van der Waals surface area contributed by atoms with E-state index in [2.05, 4.69) is 27.5 Å². The normalized spacial score (nSPS) is 11.3. The van der Waals surface area contributed by atoms with Crippen LogP contribution >= 0.6 is 0 Å². The Morgan fingerprint density at radius 1 is 0.938 bits per heavy atom. The number of aromatic nitrogens is 2. The minimum atomic E-state index is -4.59. The van der Waals surface area contributed by atoms with E-state index in [-0.39, 0.29) is 11.8 Å². The fourth-order valence-corrected chi connectivity index (χ4v) is 3.10. The second kappa shape index (κ2) is 10.8. The summed E-state index contributed by atoms with van der Waals surface area (Å²) in [5.41, 5.74) is 1.24. The minimum absolute atomic E-state index is 0.0631. The van der Waals surface area contributed by atoms with Crippen molar-refractivity contribution in [3.63, 3.8) is 0 Å². The van der Waals surface area contributed by atoms with Crippen molar-refractivity contribution in [1.29, 1.82) is 0 Å². The molecule has 0 radical (unpaired) electrons. The third kappa shape index (κ3) is 6.35. The smallest absolute Gasteiger partial charge is 0.421 e. The number of aryl methyl sites for hydroxylation is 1. The third-order valence-corrected chi connectivity index (χ3v) is 4.76. The van der Waals surface area contributed by atoms with Gasteiger partial charge in [-0.1, -0.05) is 44.9 Å². The molecule has 32 heavy (non-hydrogen) atoms. The van der Waals surface area contributed by atoms with E-state index >= 15 is 0 Å². The first-order chi connectivity index (χ1) is 15.4. The van der Waals surface area contributed by atoms with Gasteiger partial charge in [-0.05, 0) is 48.7 Å². The van der Waals surface area contributed by atoms with Crippen LogP contribution in [0.5, 0.6) is 5.75 Å². The zero-order valence-corrected chi connectivity index (χ0v) is 18.2. The lowest BCUT2D eigenvalue weighted by Crippen LogP contribution is -2.13. The second-order valence-corrected chi connectivity index (χ2v) is 7.34. The number of para-hydroxylation sites is 1. The lowest BCUT2D eigenvalue weighted by molar-refractivity contribution is -0.137. The molecular weight excluding hydrogens is 417 g/mol. The Bertz CT molecular complexity index is 1010. The molecule has 0 amide bonds. The Morgan fingerprint density at radius 3 is 2.38 bits per heavy atom. The third-order valence-electron chi connectivity index (χ3n) is 4.76. The molecule has 0 unspecified atom stereocenters. The molecule has 0 bridgehead atoms. The summed E-state index contributed by atoms with van der Waals surface area (Å²) in [6.45, 7) is 4.75. The molecular formula is C24H27F3N4O. The SMILES string of the molecule is CCCCOc1ccc(Nc2ncc(C(F)(F)F)c(Nc3ccccc3CCC)n2)cc1. The number of benzene rings is 2. The van der Waals surface area contributed by atoms with Gasteiger partial charge in [0.05, 0.1) is 6.61 Å². The van der Waals surface area contributed by atoms with Crippen LogP contribution in [-0.4, -0.2) is 16.6 Å². The molecule has 2 N–H and O–H groups in total. The monoisotopic (exact) mass is 444 g/mol. The Hall–Kier alpha value is -3.29. The molecule has 0 saturated heterocycles. The van der Waals surface area contributed by atoms with Gasteiger partial charge in [0, 0.05) is 17.6 Å². The predicted molar refractivity (Wildman–Crippen MR) is 121 cm³/mol. The number of hydrogen-bond acceptors (Lipinski definition) is 5. The fourth-order valence-electron chi connectivity index (χ4n) is 3.10. The van der Waals surface area contributed by atoms with Crippen LogP contribution in [0.1, 0.15) is 44.2 Å². The summed E-state index contributed by atoms with van der Waals surface area (Å²) in [4.78, 5) is 8.00. The first-order valence-corrected chi connectivity index (χ1v) is 10.7. The molecule has 0 saturated carbocycles. The Kier molecular flexibility index (Phi) is 7.92. The first-order valence-electron chi connectivity index (χ1n) is 10.7. The number of halogens is 3. The summed E-state index contributed by atoms with van der Waals surface area (Å²) in [6, 6.07) is 14.4. The van der Waals surface area contributed by atoms with Crippen LogP contribution in [0.25, 0.3) is 0 Å². The summed E-state index contributed by atoms with van der Waals surface area (Å²) < 4.78 is 46.4. The van der Waals surface area contributed by atoms with E-state index in [1.54, 1.807) is 36.4 Å². The van der Waals surface area contributed by atoms with Crippen molar-refractivity contribution < 1.29 is 17.9 Å². The number of rotatable bonds is 10. The molecule has 0 aliphatic rings. The van der Waals surface area contributed by atoms with Crippen molar-refractivity contribution in [2.24, 2.45) is 0 Å². The van der Waals surface area contributed by atoms with E-state index in [9.17, 15) is 13.2 Å². The molecule has 1 aromatic heterocycles. The molecule has 0 spiro atoms. The molecule has 0 atom stereocenters. The van der Waals surface area contributed by atoms with Gasteiger partial charge in [-0.15, -0.1) is 0 Å². The van der Waals surface area contributed by atoms with Crippen LogP contribution < -0.4 is 15.4 Å². The highest BCUT2D eigenvalue weighted by atomic mass is 19.4. The maximum atomic E-state index is 13.6. The largest absolute Gasteiger partial charge is 0.494 e. The van der Waals surface area contributed by atoms with Crippen LogP contribution in [-0.2, 0) is 12.6 Å². The number of hydrogen-bond donors (Lipinski definition) is 2. The zero-order chi connectivity index (χ0) is 23.0. The molecule has 0 aliphatic carbocycles. The van der Waals surface area contributed by atoms with E-state index in [4.69, 9.17) is 4.74 Å². The zero-order valence-electron chi connectivity index (χ0n) is 18.2. The van der Waals surface area contributed by atoms with Gasteiger partial charge in [-0.2, -0.15) is 18.2 Å². The van der Waals surface area contributed by atoms with E-state index in [1.165, 1.54) is 0 Å². The number of anilines is 4. The van der Waals surface area contributed by atoms with Crippen molar-refractivity contribution in [3.8, 4) is 5.75 Å². The standard InChI is InChI=1S/C24H27F3N4O/c1-3-5-15-32-19-13-11-18(12-14-19)29-23-28-16-20(24(25,26)27)22(31-23)30-21-10-7-6-9-17(21)8-4-2/h6-7,9-14,16H,3-5,8,15H2,1-2H3,(H2,28,29,30,31). The molecule has 170 valence electrons. The Balaban J connectivity index is 1.83. The molecule has 0 fully saturated rings. The second-order valence-electron chi connectivity index (χ2n) is 7.34. The van der Waals surface area contributed by atoms with E-state index in [0.29, 0.717) is 18.0 Å². The van der Waals surface area contributed by atoms with E-state index in [1.807, 2.05) is 19.1 Å². The van der Waals surface area contributed by atoms with Crippen LogP contribution in [0.15, 0.2) is 54.7 Å². The number of unbranched alkanes of at least 4 members (excludes halogenated alkanes) is 1. The van der Waals surface area contributed by atoms with Gasteiger partial charge in [0.15, 0.2) is 0 Å². The average Bonchev–Trinajstić information content (AvgIpc) is 2.76. The minimum Gasteiger partial charge on any atom is -0.494 e. The maximum Gasteiger partial charge on any atom is 0.421 e. The lowest BCUT2D eigenvalue weighted by Gasteiger charge is -2.17. The van der Waals surface area contributed by atoms with Crippen LogP contribution in [0, 0.1) is 0 Å². The van der Waals surface area contributed by atoms with Gasteiger partial charge in [0.2, 0.25) is 5.95 Å². The molecule has 2 aromatic carbocycles. The van der Waals surface area contributed by atoms with Gasteiger partial charge < -0.3 is 15.4 Å². The van der Waals surface area contributed by atoms with Crippen LogP contribution in [0.4, 0.5) is 36.3 Å². The highest BCUT2D eigenvalue weighted by molar-refractivity contribution is 5.65. The highest BCUT2D eigenvalue weighted by Gasteiger charge is 2.35. The Labute approximate surface area is 186 Å². The number of alkyl halides is 3. The fraction of sp³-hybridized carbons (Fsp3) is 0.333. The summed E-state index contributed by atoms with van der Waals surface area (Å²) in [5.74, 6) is 0.499. The number of nitrogens with one attached hydrogen (secondary N) is 2. The lowest BCUT2D eigenvalue weighted by atomic mass is 10.1. The van der Waals surface area contributed by atoms with Crippen molar-refractivity contribution in [3.05, 3.63) is 65.9 Å². The highest BCUT2D eigenvalue weighted by Crippen LogP contribution is 2.36. The molecule has 8 heteroatoms. The quantitative estimate of drug-likeness (QED) is 0.326. The average molecular weight is 445 g/mol. The topological polar surface area (TPSA) is 59.1 Å². The van der Waals surface area contributed by atoms with Crippen molar-refractivity contribution in [2.75, 3.05) is 17.2 Å². The Morgan fingerprint density at radius 2 is 1.69 bits per heavy atom. The predicted octanol–water partition coefficient (Wildman–Crippen LogP) is 7.11. The van der Waals surface area contributed by atoms with E-state index < -0.39 is 11.7 Å². The number of nitrogens with zero attached hydrogens (tertiary/aromatic N) is 2. The number of ether oxygens (including phenoxy) is 1. The molecule has 3 aromatic rings. The van der Waals surface area contributed by atoms with Gasteiger partial charge >= 0.3 is 6.18 Å².